The Hall–Kier alpha value is -8.09. The number of benzene rings is 8. The fraction of sp³-hybridized carbons (Fsp3) is 0. The fourth-order valence-electron chi connectivity index (χ4n) is 8.49. The molecule has 6 heteroatoms. The quantitative estimate of drug-likeness (QED) is 0.164. The highest BCUT2D eigenvalue weighted by Crippen LogP contribution is 2.39. The van der Waals surface area contributed by atoms with Crippen LogP contribution in [0, 0.1) is 0 Å². The predicted octanol–water partition coefficient (Wildman–Crippen LogP) is 13.0. The van der Waals surface area contributed by atoms with Crippen LogP contribution in [0.2, 0.25) is 0 Å². The predicted molar refractivity (Wildman–Crippen MR) is 241 cm³/mol. The summed E-state index contributed by atoms with van der Waals surface area (Å²) >= 11 is 0. The van der Waals surface area contributed by atoms with E-state index in [1.165, 1.54) is 10.8 Å². The normalized spacial score (nSPS) is 11.7. The van der Waals surface area contributed by atoms with Crippen LogP contribution in [0.15, 0.2) is 194 Å². The molecule has 59 heavy (non-hydrogen) atoms. The summed E-state index contributed by atoms with van der Waals surface area (Å²) in [5.41, 5.74) is 10.1. The van der Waals surface area contributed by atoms with Gasteiger partial charge in [-0.15, -0.1) is 0 Å². The number of hydrogen-bond donors (Lipinski definition) is 0. The van der Waals surface area contributed by atoms with Gasteiger partial charge in [0.2, 0.25) is 0 Å². The largest absolute Gasteiger partial charge is 0.299 e. The molecular formula is C53H32N6. The van der Waals surface area contributed by atoms with Crippen molar-refractivity contribution in [1.82, 2.24) is 29.3 Å². The molecule has 0 amide bonds. The molecule has 0 fully saturated rings. The van der Waals surface area contributed by atoms with E-state index in [4.69, 9.17) is 19.9 Å². The Morgan fingerprint density at radius 2 is 0.881 bits per heavy atom. The van der Waals surface area contributed by atoms with Gasteiger partial charge in [0.1, 0.15) is 5.65 Å². The second-order valence-electron chi connectivity index (χ2n) is 15.0. The van der Waals surface area contributed by atoms with E-state index in [1.807, 2.05) is 24.4 Å². The highest BCUT2D eigenvalue weighted by Gasteiger charge is 2.17. The summed E-state index contributed by atoms with van der Waals surface area (Å²) in [7, 11) is 0. The summed E-state index contributed by atoms with van der Waals surface area (Å²) in [4.78, 5) is 25.0. The maximum Gasteiger partial charge on any atom is 0.164 e. The van der Waals surface area contributed by atoms with Gasteiger partial charge in [-0.3, -0.25) is 9.38 Å². The van der Waals surface area contributed by atoms with Gasteiger partial charge in [0.25, 0.3) is 0 Å². The maximum atomic E-state index is 5.12. The minimum atomic E-state index is 0.624. The van der Waals surface area contributed by atoms with Crippen molar-refractivity contribution >= 4 is 59.8 Å². The lowest BCUT2D eigenvalue weighted by molar-refractivity contribution is 1.08. The summed E-state index contributed by atoms with van der Waals surface area (Å²) in [6, 6.07) is 63.7. The van der Waals surface area contributed by atoms with E-state index in [-0.39, 0.29) is 0 Å². The van der Waals surface area contributed by atoms with Gasteiger partial charge < -0.3 is 0 Å². The van der Waals surface area contributed by atoms with Gasteiger partial charge >= 0.3 is 0 Å². The number of imidazole rings is 1. The monoisotopic (exact) mass is 752 g/mol. The van der Waals surface area contributed by atoms with E-state index in [1.54, 1.807) is 0 Å². The lowest BCUT2D eigenvalue weighted by Crippen LogP contribution is -2.00. The van der Waals surface area contributed by atoms with Gasteiger partial charge in [0.15, 0.2) is 17.5 Å². The van der Waals surface area contributed by atoms with Gasteiger partial charge in [-0.2, -0.15) is 0 Å². The molecule has 0 aliphatic rings. The molecule has 0 radical (unpaired) electrons. The number of fused-ring (bicyclic) bond motifs is 10. The molecule has 6 nitrogen and oxygen atoms in total. The van der Waals surface area contributed by atoms with Crippen LogP contribution in [0.5, 0.6) is 0 Å². The van der Waals surface area contributed by atoms with Crippen molar-refractivity contribution < 1.29 is 0 Å². The molecule has 0 bridgehead atoms. The van der Waals surface area contributed by atoms with Crippen LogP contribution in [0.1, 0.15) is 0 Å². The zero-order valence-electron chi connectivity index (χ0n) is 31.7. The van der Waals surface area contributed by atoms with Gasteiger partial charge in [-0.25, -0.2) is 19.9 Å². The Balaban J connectivity index is 0.998. The molecule has 12 rings (SSSR count). The van der Waals surface area contributed by atoms with Crippen LogP contribution < -0.4 is 0 Å². The number of hydrogen-bond acceptors (Lipinski definition) is 5. The van der Waals surface area contributed by atoms with Gasteiger partial charge in [-0.05, 0) is 92.0 Å². The third kappa shape index (κ3) is 5.61. The minimum Gasteiger partial charge on any atom is -0.299 e. The minimum absolute atomic E-state index is 0.624. The molecule has 8 aromatic carbocycles. The summed E-state index contributed by atoms with van der Waals surface area (Å²) in [5.74, 6) is 1.90. The summed E-state index contributed by atoms with van der Waals surface area (Å²) in [6.45, 7) is 0. The van der Waals surface area contributed by atoms with Crippen molar-refractivity contribution in [3.63, 3.8) is 0 Å². The van der Waals surface area contributed by atoms with Gasteiger partial charge in [0, 0.05) is 45.4 Å². The third-order valence-electron chi connectivity index (χ3n) is 11.5. The lowest BCUT2D eigenvalue weighted by Gasteiger charge is -2.12. The molecule has 0 saturated heterocycles. The van der Waals surface area contributed by atoms with E-state index in [9.17, 15) is 0 Å². The Labute approximate surface area is 338 Å². The zero-order valence-corrected chi connectivity index (χ0v) is 31.7. The second kappa shape index (κ2) is 13.3. The molecule has 4 aromatic heterocycles. The standard InChI is InChI=1S/C53H32N6/c1-3-11-37-29-41(21-17-33(37)9-1)52-56-51(57-53(58-52)42-22-18-34-10-2-4-12-38(34)30-42)36-19-15-35(16-20-36)39-23-26-44-46(31-39)45-32-40(47-13-5-7-27-54-47)24-25-43(45)49-50(44)59-28-8-6-14-48(59)55-49/h1-32H. The van der Waals surface area contributed by atoms with Crippen molar-refractivity contribution in [3.8, 4) is 56.5 Å². The van der Waals surface area contributed by atoms with E-state index in [2.05, 4.69) is 179 Å². The number of rotatable bonds is 5. The van der Waals surface area contributed by atoms with Crippen molar-refractivity contribution in [1.29, 1.82) is 0 Å². The summed E-state index contributed by atoms with van der Waals surface area (Å²) < 4.78 is 2.20. The maximum absolute atomic E-state index is 5.12. The van der Waals surface area contributed by atoms with Crippen molar-refractivity contribution in [2.24, 2.45) is 0 Å². The zero-order chi connectivity index (χ0) is 38.9. The SMILES string of the molecule is c1ccc(-c2ccc3c(c2)c2cc(-c4ccc(-c5nc(-c6ccc7ccccc7c6)nc(-c6ccc7ccccc7c6)n5)cc4)ccc2c2c3nc3ccccn32)nc1. The molecule has 12 aromatic rings. The smallest absolute Gasteiger partial charge is 0.164 e. The van der Waals surface area contributed by atoms with Crippen molar-refractivity contribution in [2.45, 2.75) is 0 Å². The van der Waals surface area contributed by atoms with Gasteiger partial charge in [-0.1, -0.05) is 133 Å². The molecule has 0 atom stereocenters. The van der Waals surface area contributed by atoms with Crippen molar-refractivity contribution in [3.05, 3.63) is 194 Å². The lowest BCUT2D eigenvalue weighted by atomic mass is 9.94. The molecule has 0 saturated carbocycles. The first-order valence-corrected chi connectivity index (χ1v) is 19.7. The molecule has 0 unspecified atom stereocenters. The molecule has 4 heterocycles. The highest BCUT2D eigenvalue weighted by atomic mass is 15.0. The van der Waals surface area contributed by atoms with Crippen LogP contribution >= 0.6 is 0 Å². The Morgan fingerprint density at radius 3 is 1.58 bits per heavy atom. The highest BCUT2D eigenvalue weighted by molar-refractivity contribution is 6.25. The van der Waals surface area contributed by atoms with E-state index in [0.29, 0.717) is 17.5 Å². The molecule has 0 spiro atoms. The number of aromatic nitrogens is 6. The molecule has 0 N–H and O–H groups in total. The van der Waals surface area contributed by atoms with E-state index >= 15 is 0 Å². The molecular weight excluding hydrogens is 721 g/mol. The van der Waals surface area contributed by atoms with E-state index in [0.717, 1.165) is 88.1 Å². The summed E-state index contributed by atoms with van der Waals surface area (Å²) in [6.07, 6.45) is 3.94. The molecule has 0 aliphatic heterocycles. The van der Waals surface area contributed by atoms with E-state index < -0.39 is 0 Å². The van der Waals surface area contributed by atoms with Crippen LogP contribution in [0.4, 0.5) is 0 Å². The third-order valence-corrected chi connectivity index (χ3v) is 11.5. The topological polar surface area (TPSA) is 68.9 Å². The van der Waals surface area contributed by atoms with Crippen LogP contribution in [-0.4, -0.2) is 29.3 Å². The Kier molecular flexibility index (Phi) is 7.43. The van der Waals surface area contributed by atoms with Crippen LogP contribution in [0.3, 0.4) is 0 Å². The molecule has 0 aliphatic carbocycles. The summed E-state index contributed by atoms with van der Waals surface area (Å²) in [5, 5.41) is 9.20. The Morgan fingerprint density at radius 1 is 0.339 bits per heavy atom. The first-order chi connectivity index (χ1) is 29.2. The fourth-order valence-corrected chi connectivity index (χ4v) is 8.49. The average molecular weight is 753 g/mol. The van der Waals surface area contributed by atoms with Crippen molar-refractivity contribution in [2.75, 3.05) is 0 Å². The second-order valence-corrected chi connectivity index (χ2v) is 15.0. The number of nitrogens with zero attached hydrogens (tertiary/aromatic N) is 6. The number of pyridine rings is 2. The van der Waals surface area contributed by atoms with Crippen LogP contribution in [0.25, 0.3) is 116 Å². The van der Waals surface area contributed by atoms with Gasteiger partial charge in [0.05, 0.1) is 16.7 Å². The first kappa shape index (κ1) is 33.1. The molecule has 274 valence electrons. The van der Waals surface area contributed by atoms with Crippen LogP contribution in [-0.2, 0) is 0 Å². The first-order valence-electron chi connectivity index (χ1n) is 19.7. The average Bonchev–Trinajstić information content (AvgIpc) is 3.71. The Bertz CT molecular complexity index is 3510.